The van der Waals surface area contributed by atoms with E-state index in [0.717, 1.165) is 25.7 Å². The fourth-order valence-corrected chi connectivity index (χ4v) is 4.96. The highest BCUT2D eigenvalue weighted by atomic mass is 16.5. The Balaban J connectivity index is 2.33. The van der Waals surface area contributed by atoms with Crippen LogP contribution in [0.3, 0.4) is 0 Å². The van der Waals surface area contributed by atoms with Crippen LogP contribution in [0.2, 0.25) is 0 Å². The molecule has 11 heteroatoms. The van der Waals surface area contributed by atoms with E-state index in [1.807, 2.05) is 20.8 Å². The molecule has 0 radical (unpaired) electrons. The third-order valence-electron chi connectivity index (χ3n) is 7.73. The van der Waals surface area contributed by atoms with Gasteiger partial charge in [0, 0.05) is 6.54 Å². The van der Waals surface area contributed by atoms with Crippen molar-refractivity contribution in [3.05, 3.63) is 0 Å². The standard InChI is InChI=1S/C27H46N4O7/c1-5-17(3)23-27(37)31-15-11-10-14-21(31)26(36)28-19(13-9-7-8-12-18(32)6-2)24(34)29-20(25(35)30-23)16-22(33)38-4/h17-21,23,32H,5-16H2,1-4H3,(H,28,36)(H,29,34)(H,30,35)/t17?,18?,19-,20-,21+,23-/m0/s1. The highest BCUT2D eigenvalue weighted by Gasteiger charge is 2.41. The van der Waals surface area contributed by atoms with E-state index < -0.39 is 48.4 Å². The first-order chi connectivity index (χ1) is 18.1. The number of piperidine rings is 1. The molecule has 6 atom stereocenters. The minimum absolute atomic E-state index is 0.228. The van der Waals surface area contributed by atoms with Gasteiger partial charge in [-0.2, -0.15) is 0 Å². The molecule has 2 heterocycles. The van der Waals surface area contributed by atoms with Gasteiger partial charge in [0.25, 0.3) is 0 Å². The Morgan fingerprint density at radius 2 is 1.66 bits per heavy atom. The van der Waals surface area contributed by atoms with Crippen molar-refractivity contribution in [1.29, 1.82) is 0 Å². The monoisotopic (exact) mass is 538 g/mol. The van der Waals surface area contributed by atoms with Crippen molar-refractivity contribution in [2.75, 3.05) is 13.7 Å². The van der Waals surface area contributed by atoms with Gasteiger partial charge < -0.3 is 30.7 Å². The van der Waals surface area contributed by atoms with Crippen LogP contribution in [0.4, 0.5) is 0 Å². The first-order valence-electron chi connectivity index (χ1n) is 14.1. The number of fused-ring (bicyclic) bond motifs is 1. The lowest BCUT2D eigenvalue weighted by Gasteiger charge is -2.39. The molecule has 11 nitrogen and oxygen atoms in total. The zero-order chi connectivity index (χ0) is 28.2. The zero-order valence-electron chi connectivity index (χ0n) is 23.3. The average molecular weight is 539 g/mol. The molecule has 2 aliphatic heterocycles. The molecule has 2 aliphatic rings. The van der Waals surface area contributed by atoms with E-state index in [9.17, 15) is 29.1 Å². The van der Waals surface area contributed by atoms with Gasteiger partial charge in [0.1, 0.15) is 24.2 Å². The number of rotatable bonds is 11. The lowest BCUT2D eigenvalue weighted by Crippen LogP contribution is -2.64. The van der Waals surface area contributed by atoms with E-state index in [1.54, 1.807) is 0 Å². The molecule has 0 aromatic heterocycles. The van der Waals surface area contributed by atoms with E-state index in [0.29, 0.717) is 45.1 Å². The van der Waals surface area contributed by atoms with E-state index in [-0.39, 0.29) is 23.8 Å². The molecule has 0 aromatic carbocycles. The number of aliphatic hydroxyl groups is 1. The van der Waals surface area contributed by atoms with Gasteiger partial charge in [-0.1, -0.05) is 46.5 Å². The number of unbranched alkanes of at least 4 members (excludes halogenated alkanes) is 2. The second kappa shape index (κ2) is 15.7. The highest BCUT2D eigenvalue weighted by Crippen LogP contribution is 2.22. The Kier molecular flexibility index (Phi) is 13.0. The van der Waals surface area contributed by atoms with Gasteiger partial charge in [0.05, 0.1) is 19.6 Å². The van der Waals surface area contributed by atoms with Crippen molar-refractivity contribution >= 4 is 29.6 Å². The molecule has 4 amide bonds. The van der Waals surface area contributed by atoms with Crippen LogP contribution in [0, 0.1) is 5.92 Å². The summed E-state index contributed by atoms with van der Waals surface area (Å²) in [6.07, 6.45) is 5.67. The third kappa shape index (κ3) is 8.96. The quantitative estimate of drug-likeness (QED) is 0.227. The predicted octanol–water partition coefficient (Wildman–Crippen LogP) is 1.17. The van der Waals surface area contributed by atoms with Crippen molar-refractivity contribution in [1.82, 2.24) is 20.9 Å². The Bertz CT molecular complexity index is 836. The van der Waals surface area contributed by atoms with Crippen LogP contribution in [0.25, 0.3) is 0 Å². The maximum Gasteiger partial charge on any atom is 0.308 e. The summed E-state index contributed by atoms with van der Waals surface area (Å²) >= 11 is 0. The number of hydrogen-bond acceptors (Lipinski definition) is 7. The molecule has 2 rings (SSSR count). The van der Waals surface area contributed by atoms with Crippen LogP contribution < -0.4 is 16.0 Å². The zero-order valence-corrected chi connectivity index (χ0v) is 23.3. The first kappa shape index (κ1) is 31.5. The molecule has 38 heavy (non-hydrogen) atoms. The van der Waals surface area contributed by atoms with Crippen LogP contribution in [0.1, 0.15) is 91.4 Å². The van der Waals surface area contributed by atoms with Crippen LogP contribution in [-0.2, 0) is 28.7 Å². The number of nitrogens with one attached hydrogen (secondary N) is 3. The fourth-order valence-electron chi connectivity index (χ4n) is 4.96. The van der Waals surface area contributed by atoms with E-state index in [4.69, 9.17) is 4.74 Å². The summed E-state index contributed by atoms with van der Waals surface area (Å²) in [6, 6.07) is -3.81. The second-order valence-corrected chi connectivity index (χ2v) is 10.5. The lowest BCUT2D eigenvalue weighted by molar-refractivity contribution is -0.148. The van der Waals surface area contributed by atoms with Gasteiger partial charge in [-0.15, -0.1) is 0 Å². The molecule has 0 spiro atoms. The summed E-state index contributed by atoms with van der Waals surface area (Å²) in [5, 5.41) is 18.0. The summed E-state index contributed by atoms with van der Waals surface area (Å²) < 4.78 is 4.73. The smallest absolute Gasteiger partial charge is 0.308 e. The molecule has 216 valence electrons. The van der Waals surface area contributed by atoms with Gasteiger partial charge in [-0.05, 0) is 44.4 Å². The maximum absolute atomic E-state index is 13.7. The van der Waals surface area contributed by atoms with Crippen LogP contribution in [0.5, 0.6) is 0 Å². The van der Waals surface area contributed by atoms with Crippen LogP contribution in [0.15, 0.2) is 0 Å². The number of amides is 4. The van der Waals surface area contributed by atoms with Gasteiger partial charge in [0.2, 0.25) is 23.6 Å². The number of nitrogens with zero attached hydrogens (tertiary/aromatic N) is 1. The number of ether oxygens (including phenoxy) is 1. The summed E-state index contributed by atoms with van der Waals surface area (Å²) in [6.45, 7) is 6.06. The Hall–Kier alpha value is -2.69. The van der Waals surface area contributed by atoms with Gasteiger partial charge in [-0.3, -0.25) is 24.0 Å². The number of aliphatic hydroxyl groups excluding tert-OH is 1. The number of esters is 1. The molecule has 0 saturated carbocycles. The van der Waals surface area contributed by atoms with Crippen molar-refractivity contribution in [3.8, 4) is 0 Å². The third-order valence-corrected chi connectivity index (χ3v) is 7.73. The van der Waals surface area contributed by atoms with Crippen molar-refractivity contribution in [3.63, 3.8) is 0 Å². The Morgan fingerprint density at radius 3 is 2.32 bits per heavy atom. The summed E-state index contributed by atoms with van der Waals surface area (Å²) in [7, 11) is 1.19. The number of carbonyl (C=O) groups is 5. The molecule has 4 N–H and O–H groups in total. The highest BCUT2D eigenvalue weighted by molar-refractivity contribution is 5.98. The molecular formula is C27H46N4O7. The number of methoxy groups -OCH3 is 1. The summed E-state index contributed by atoms with van der Waals surface area (Å²) in [5.74, 6) is -2.84. The van der Waals surface area contributed by atoms with Gasteiger partial charge in [-0.25, -0.2) is 0 Å². The maximum atomic E-state index is 13.7. The van der Waals surface area contributed by atoms with Crippen molar-refractivity contribution < 1.29 is 33.8 Å². The van der Waals surface area contributed by atoms with E-state index >= 15 is 0 Å². The average Bonchev–Trinajstić information content (AvgIpc) is 2.92. The minimum Gasteiger partial charge on any atom is -0.469 e. The Morgan fingerprint density at radius 1 is 0.974 bits per heavy atom. The predicted molar refractivity (Wildman–Crippen MR) is 141 cm³/mol. The molecule has 0 bridgehead atoms. The molecule has 0 aromatic rings. The van der Waals surface area contributed by atoms with Crippen LogP contribution in [-0.4, -0.2) is 83.5 Å². The Labute approximate surface area is 225 Å². The molecule has 2 saturated heterocycles. The molecular weight excluding hydrogens is 492 g/mol. The first-order valence-corrected chi connectivity index (χ1v) is 14.1. The number of hydrogen-bond donors (Lipinski definition) is 4. The lowest BCUT2D eigenvalue weighted by atomic mass is 9.93. The minimum atomic E-state index is -1.26. The molecule has 2 unspecified atom stereocenters. The fraction of sp³-hybridized carbons (Fsp3) is 0.815. The molecule has 0 aliphatic carbocycles. The van der Waals surface area contributed by atoms with Gasteiger partial charge >= 0.3 is 5.97 Å². The number of carbonyl (C=O) groups excluding carboxylic acids is 5. The van der Waals surface area contributed by atoms with E-state index in [1.165, 1.54) is 12.0 Å². The SMILES string of the molecule is CCC(O)CCCCC[C@@H]1NC(=O)[C@H]2CCCCN2C(=O)[C@H](C(C)CC)NC(=O)[C@H](CC(=O)OC)NC1=O. The van der Waals surface area contributed by atoms with E-state index in [2.05, 4.69) is 16.0 Å². The topological polar surface area (TPSA) is 154 Å². The molecule has 2 fully saturated rings. The van der Waals surface area contributed by atoms with Crippen molar-refractivity contribution in [2.24, 2.45) is 5.92 Å². The van der Waals surface area contributed by atoms with Crippen LogP contribution >= 0.6 is 0 Å². The van der Waals surface area contributed by atoms with Crippen molar-refractivity contribution in [2.45, 2.75) is 122 Å². The summed E-state index contributed by atoms with van der Waals surface area (Å²) in [4.78, 5) is 67.3. The second-order valence-electron chi connectivity index (χ2n) is 10.5. The largest absolute Gasteiger partial charge is 0.469 e. The summed E-state index contributed by atoms with van der Waals surface area (Å²) in [5.41, 5.74) is 0. The van der Waals surface area contributed by atoms with Gasteiger partial charge in [0.15, 0.2) is 0 Å². The normalized spacial score (nSPS) is 26.6.